The number of hydrogen-bond donors (Lipinski definition) is 2. The van der Waals surface area contributed by atoms with Crippen molar-refractivity contribution in [3.05, 3.63) is 59.9 Å². The molecule has 0 aliphatic heterocycles. The summed E-state index contributed by atoms with van der Waals surface area (Å²) in [5.74, 6) is 1.44. The Balaban J connectivity index is 1.82. The van der Waals surface area contributed by atoms with Crippen LogP contribution in [0.25, 0.3) is 0 Å². The van der Waals surface area contributed by atoms with E-state index in [0.717, 1.165) is 17.1 Å². The van der Waals surface area contributed by atoms with Gasteiger partial charge in [-0.3, -0.25) is 0 Å². The minimum absolute atomic E-state index is 0.101. The van der Waals surface area contributed by atoms with Crippen LogP contribution in [0.2, 0.25) is 5.28 Å². The molecule has 23 heavy (non-hydrogen) atoms. The van der Waals surface area contributed by atoms with Crippen LogP contribution in [-0.4, -0.2) is 22.1 Å². The van der Waals surface area contributed by atoms with Crippen molar-refractivity contribution in [3.8, 4) is 5.75 Å². The van der Waals surface area contributed by atoms with Gasteiger partial charge in [-0.2, -0.15) is 15.0 Å². The number of halogens is 1. The van der Waals surface area contributed by atoms with Crippen LogP contribution in [0.4, 0.5) is 23.3 Å². The summed E-state index contributed by atoms with van der Waals surface area (Å²) < 4.78 is 5.19. The summed E-state index contributed by atoms with van der Waals surface area (Å²) in [5, 5.41) is 6.26. The molecule has 0 atom stereocenters. The van der Waals surface area contributed by atoms with E-state index in [0.29, 0.717) is 11.9 Å². The maximum Gasteiger partial charge on any atom is 0.233 e. The zero-order valence-electron chi connectivity index (χ0n) is 12.3. The Morgan fingerprint density at radius 1 is 0.826 bits per heavy atom. The highest BCUT2D eigenvalue weighted by Gasteiger charge is 2.06. The van der Waals surface area contributed by atoms with Crippen molar-refractivity contribution in [2.75, 3.05) is 17.7 Å². The lowest BCUT2D eigenvalue weighted by atomic mass is 10.3. The number of aromatic nitrogens is 3. The van der Waals surface area contributed by atoms with Crippen LogP contribution in [0.15, 0.2) is 54.6 Å². The van der Waals surface area contributed by atoms with E-state index in [-0.39, 0.29) is 5.28 Å². The van der Waals surface area contributed by atoms with Gasteiger partial charge in [-0.05, 0) is 35.9 Å². The zero-order chi connectivity index (χ0) is 16.1. The van der Waals surface area contributed by atoms with Crippen molar-refractivity contribution in [3.63, 3.8) is 0 Å². The fourth-order valence-electron chi connectivity index (χ4n) is 1.94. The maximum atomic E-state index is 5.97. The SMILES string of the molecule is COc1cccc(Nc2nc(Cl)nc(Nc3ccccc3)n2)c1. The van der Waals surface area contributed by atoms with Gasteiger partial charge in [-0.15, -0.1) is 0 Å². The van der Waals surface area contributed by atoms with E-state index in [1.165, 1.54) is 0 Å². The number of methoxy groups -OCH3 is 1. The van der Waals surface area contributed by atoms with E-state index in [1.54, 1.807) is 7.11 Å². The molecule has 7 heteroatoms. The molecule has 0 amide bonds. The van der Waals surface area contributed by atoms with E-state index < -0.39 is 0 Å². The van der Waals surface area contributed by atoms with Gasteiger partial charge < -0.3 is 15.4 Å². The Kier molecular flexibility index (Phi) is 4.54. The van der Waals surface area contributed by atoms with Crippen LogP contribution < -0.4 is 15.4 Å². The summed E-state index contributed by atoms with van der Waals surface area (Å²) >= 11 is 5.97. The number of benzene rings is 2. The third kappa shape index (κ3) is 4.08. The van der Waals surface area contributed by atoms with Crippen molar-refractivity contribution in [2.45, 2.75) is 0 Å². The first-order valence-corrected chi connectivity index (χ1v) is 7.25. The second-order valence-electron chi connectivity index (χ2n) is 4.60. The molecule has 0 unspecified atom stereocenters. The third-order valence-electron chi connectivity index (χ3n) is 2.96. The van der Waals surface area contributed by atoms with Crippen LogP contribution in [0.3, 0.4) is 0 Å². The maximum absolute atomic E-state index is 5.97. The molecule has 3 aromatic rings. The fraction of sp³-hybridized carbons (Fsp3) is 0.0625. The normalized spacial score (nSPS) is 10.2. The summed E-state index contributed by atoms with van der Waals surface area (Å²) in [6.45, 7) is 0. The van der Waals surface area contributed by atoms with Crippen LogP contribution in [0, 0.1) is 0 Å². The van der Waals surface area contributed by atoms with E-state index in [2.05, 4.69) is 25.6 Å². The molecular weight excluding hydrogens is 314 g/mol. The molecule has 0 fully saturated rings. The second-order valence-corrected chi connectivity index (χ2v) is 4.94. The Bertz CT molecular complexity index is 797. The van der Waals surface area contributed by atoms with E-state index in [1.807, 2.05) is 54.6 Å². The Hall–Kier alpha value is -2.86. The first kappa shape index (κ1) is 15.1. The van der Waals surface area contributed by atoms with Gasteiger partial charge in [0.1, 0.15) is 5.75 Å². The standard InChI is InChI=1S/C16H14ClN5O/c1-23-13-9-5-8-12(10-13)19-16-21-14(17)20-15(22-16)18-11-6-3-2-4-7-11/h2-10H,1H3,(H2,18,19,20,21,22). The molecule has 2 aromatic carbocycles. The molecule has 0 saturated heterocycles. The lowest BCUT2D eigenvalue weighted by Crippen LogP contribution is -2.04. The van der Waals surface area contributed by atoms with Gasteiger partial charge >= 0.3 is 0 Å². The first-order valence-electron chi connectivity index (χ1n) is 6.88. The van der Waals surface area contributed by atoms with Gasteiger partial charge in [0.2, 0.25) is 17.2 Å². The predicted octanol–water partition coefficient (Wildman–Crippen LogP) is 4.02. The van der Waals surface area contributed by atoms with Crippen LogP contribution in [-0.2, 0) is 0 Å². The largest absolute Gasteiger partial charge is 0.497 e. The van der Waals surface area contributed by atoms with Crippen molar-refractivity contribution in [1.82, 2.24) is 15.0 Å². The second kappa shape index (κ2) is 6.93. The molecule has 0 radical (unpaired) electrons. The highest BCUT2D eigenvalue weighted by Crippen LogP contribution is 2.21. The average molecular weight is 328 g/mol. The highest BCUT2D eigenvalue weighted by atomic mass is 35.5. The minimum Gasteiger partial charge on any atom is -0.497 e. The average Bonchev–Trinajstić information content (AvgIpc) is 2.55. The van der Waals surface area contributed by atoms with E-state index >= 15 is 0 Å². The summed E-state index contributed by atoms with van der Waals surface area (Å²) in [4.78, 5) is 12.5. The van der Waals surface area contributed by atoms with Crippen molar-refractivity contribution >= 4 is 34.9 Å². The van der Waals surface area contributed by atoms with Crippen LogP contribution in [0.1, 0.15) is 0 Å². The molecule has 0 bridgehead atoms. The molecule has 0 aliphatic rings. The van der Waals surface area contributed by atoms with E-state index in [9.17, 15) is 0 Å². The molecular formula is C16H14ClN5O. The van der Waals surface area contributed by atoms with Crippen molar-refractivity contribution in [1.29, 1.82) is 0 Å². The minimum atomic E-state index is 0.101. The third-order valence-corrected chi connectivity index (χ3v) is 3.13. The van der Waals surface area contributed by atoms with Crippen LogP contribution in [0.5, 0.6) is 5.75 Å². The molecule has 3 rings (SSSR count). The Labute approximate surface area is 138 Å². The predicted molar refractivity (Wildman–Crippen MR) is 90.8 cm³/mol. The summed E-state index contributed by atoms with van der Waals surface area (Å²) in [5.41, 5.74) is 1.65. The first-order chi connectivity index (χ1) is 11.2. The molecule has 1 aromatic heterocycles. The van der Waals surface area contributed by atoms with Gasteiger partial charge in [0.15, 0.2) is 0 Å². The fourth-order valence-corrected chi connectivity index (χ4v) is 2.10. The molecule has 0 spiro atoms. The summed E-state index contributed by atoms with van der Waals surface area (Å²) in [6.07, 6.45) is 0. The van der Waals surface area contributed by atoms with Crippen molar-refractivity contribution < 1.29 is 4.74 Å². The van der Waals surface area contributed by atoms with Crippen molar-refractivity contribution in [2.24, 2.45) is 0 Å². The number of hydrogen-bond acceptors (Lipinski definition) is 6. The van der Waals surface area contributed by atoms with E-state index in [4.69, 9.17) is 16.3 Å². The van der Waals surface area contributed by atoms with Gasteiger partial charge in [-0.25, -0.2) is 0 Å². The molecule has 2 N–H and O–H groups in total. The summed E-state index contributed by atoms with van der Waals surface area (Å²) in [6, 6.07) is 17.0. The number of nitrogens with zero attached hydrogens (tertiary/aromatic N) is 3. The quantitative estimate of drug-likeness (QED) is 0.737. The van der Waals surface area contributed by atoms with Crippen LogP contribution >= 0.6 is 11.6 Å². The molecule has 0 saturated carbocycles. The monoisotopic (exact) mass is 327 g/mol. The smallest absolute Gasteiger partial charge is 0.233 e. The van der Waals surface area contributed by atoms with Gasteiger partial charge in [0, 0.05) is 17.4 Å². The number of rotatable bonds is 5. The molecule has 6 nitrogen and oxygen atoms in total. The lowest BCUT2D eigenvalue weighted by molar-refractivity contribution is 0.415. The van der Waals surface area contributed by atoms with Gasteiger partial charge in [0.25, 0.3) is 0 Å². The molecule has 0 aliphatic carbocycles. The number of nitrogens with one attached hydrogen (secondary N) is 2. The lowest BCUT2D eigenvalue weighted by Gasteiger charge is -2.09. The van der Waals surface area contributed by atoms with Gasteiger partial charge in [0.05, 0.1) is 7.11 Å². The Morgan fingerprint density at radius 3 is 2.17 bits per heavy atom. The number of anilines is 4. The topological polar surface area (TPSA) is 72.0 Å². The summed E-state index contributed by atoms with van der Waals surface area (Å²) in [7, 11) is 1.61. The number of para-hydroxylation sites is 1. The highest BCUT2D eigenvalue weighted by molar-refractivity contribution is 6.28. The molecule has 116 valence electrons. The van der Waals surface area contributed by atoms with Gasteiger partial charge in [-0.1, -0.05) is 24.3 Å². The zero-order valence-corrected chi connectivity index (χ0v) is 13.1. The Morgan fingerprint density at radius 2 is 1.48 bits per heavy atom. The number of ether oxygens (including phenoxy) is 1. The molecule has 1 heterocycles.